The molecular weight excluding hydrogens is 248 g/mol. The van der Waals surface area contributed by atoms with Gasteiger partial charge in [-0.25, -0.2) is 4.79 Å². The summed E-state index contributed by atoms with van der Waals surface area (Å²) in [6, 6.07) is 7.06. The molecule has 1 aromatic rings. The first-order valence-electron chi connectivity index (χ1n) is 6.05. The molecule has 19 heavy (non-hydrogen) atoms. The molecule has 0 saturated carbocycles. The second kappa shape index (κ2) is 5.60. The predicted octanol–water partition coefficient (Wildman–Crippen LogP) is 1.41. The second-order valence-corrected chi connectivity index (χ2v) is 4.34. The van der Waals surface area contributed by atoms with Crippen LogP contribution in [-0.4, -0.2) is 48.8 Å². The summed E-state index contributed by atoms with van der Waals surface area (Å²) >= 11 is 0. The van der Waals surface area contributed by atoms with E-state index < -0.39 is 5.97 Å². The fourth-order valence-corrected chi connectivity index (χ4v) is 1.87. The summed E-state index contributed by atoms with van der Waals surface area (Å²) in [6.07, 6.45) is -0.0306. The first-order chi connectivity index (χ1) is 9.08. The Morgan fingerprint density at radius 1 is 1.32 bits per heavy atom. The fraction of sp³-hybridized carbons (Fsp3) is 0.385. The van der Waals surface area contributed by atoms with Crippen LogP contribution in [0.25, 0.3) is 0 Å². The third kappa shape index (κ3) is 3.15. The van der Waals surface area contributed by atoms with Crippen molar-refractivity contribution in [1.82, 2.24) is 4.90 Å². The minimum Gasteiger partial charge on any atom is -0.493 e. The molecule has 0 aliphatic carbocycles. The van der Waals surface area contributed by atoms with E-state index in [0.29, 0.717) is 12.3 Å². The van der Waals surface area contributed by atoms with E-state index in [-0.39, 0.29) is 19.1 Å². The molecule has 0 aromatic heterocycles. The van der Waals surface area contributed by atoms with Crippen LogP contribution in [0.5, 0.6) is 5.75 Å². The van der Waals surface area contributed by atoms with Crippen molar-refractivity contribution >= 4 is 17.7 Å². The molecule has 2 amide bonds. The summed E-state index contributed by atoms with van der Waals surface area (Å²) in [5.74, 6) is -0.285. The third-order valence-corrected chi connectivity index (χ3v) is 2.95. The average Bonchev–Trinajstić information content (AvgIpc) is 2.71. The lowest BCUT2D eigenvalue weighted by atomic mass is 10.3. The van der Waals surface area contributed by atoms with E-state index in [1.165, 1.54) is 0 Å². The number of benzene rings is 1. The number of urea groups is 1. The molecule has 0 atom stereocenters. The molecular formula is C13H16N2O4. The molecule has 1 N–H and O–H groups in total. The van der Waals surface area contributed by atoms with Gasteiger partial charge in [0.1, 0.15) is 5.75 Å². The van der Waals surface area contributed by atoms with Crippen molar-refractivity contribution in [3.8, 4) is 5.75 Å². The van der Waals surface area contributed by atoms with E-state index in [4.69, 9.17) is 9.84 Å². The van der Waals surface area contributed by atoms with Gasteiger partial charge < -0.3 is 14.7 Å². The molecule has 6 heteroatoms. The summed E-state index contributed by atoms with van der Waals surface area (Å²) in [6.45, 7) is 1.53. The van der Waals surface area contributed by atoms with Crippen molar-refractivity contribution in [1.29, 1.82) is 0 Å². The van der Waals surface area contributed by atoms with E-state index in [9.17, 15) is 9.59 Å². The van der Waals surface area contributed by atoms with Crippen molar-refractivity contribution in [3.05, 3.63) is 24.3 Å². The highest BCUT2D eigenvalue weighted by Gasteiger charge is 2.26. The maximum atomic E-state index is 11.8. The van der Waals surface area contributed by atoms with Crippen LogP contribution in [-0.2, 0) is 4.79 Å². The maximum absolute atomic E-state index is 11.8. The molecule has 0 unspecified atom stereocenters. The molecule has 102 valence electrons. The summed E-state index contributed by atoms with van der Waals surface area (Å²) in [4.78, 5) is 25.5. The quantitative estimate of drug-likeness (QED) is 0.873. The fourth-order valence-electron chi connectivity index (χ4n) is 1.87. The number of likely N-dealkylation sites (N-methyl/N-ethyl adjacent to an activating group) is 1. The standard InChI is InChI=1S/C13H16N2O4/c1-14-7-8-15(13(14)18)10-2-4-11(5-3-10)19-9-6-12(16)17/h2-5H,6-9H2,1H3,(H,16,17). The van der Waals surface area contributed by atoms with Crippen LogP contribution in [0.1, 0.15) is 6.42 Å². The number of hydrogen-bond donors (Lipinski definition) is 1. The van der Waals surface area contributed by atoms with Gasteiger partial charge in [0.05, 0.1) is 13.0 Å². The maximum Gasteiger partial charge on any atom is 0.324 e. The minimum absolute atomic E-state index is 0.0143. The monoisotopic (exact) mass is 264 g/mol. The molecule has 6 nitrogen and oxygen atoms in total. The Kier molecular flexibility index (Phi) is 3.89. The zero-order valence-corrected chi connectivity index (χ0v) is 10.7. The molecule has 1 aliphatic heterocycles. The minimum atomic E-state index is -0.887. The first kappa shape index (κ1) is 13.2. The number of hydrogen-bond acceptors (Lipinski definition) is 3. The van der Waals surface area contributed by atoms with Crippen LogP contribution < -0.4 is 9.64 Å². The van der Waals surface area contributed by atoms with Gasteiger partial charge in [0.15, 0.2) is 0 Å². The molecule has 1 aliphatic rings. The number of amides is 2. The average molecular weight is 264 g/mol. The first-order valence-corrected chi connectivity index (χ1v) is 6.05. The van der Waals surface area contributed by atoms with Gasteiger partial charge in [-0.2, -0.15) is 0 Å². The van der Waals surface area contributed by atoms with Gasteiger partial charge in [0.2, 0.25) is 0 Å². The molecule has 1 heterocycles. The highest BCUT2D eigenvalue weighted by atomic mass is 16.5. The molecule has 0 spiro atoms. The van der Waals surface area contributed by atoms with Gasteiger partial charge in [-0.15, -0.1) is 0 Å². The summed E-state index contributed by atoms with van der Waals surface area (Å²) in [7, 11) is 1.77. The van der Waals surface area contributed by atoms with E-state index in [1.54, 1.807) is 41.1 Å². The number of rotatable bonds is 5. The van der Waals surface area contributed by atoms with Crippen molar-refractivity contribution in [3.63, 3.8) is 0 Å². The predicted molar refractivity (Wildman–Crippen MR) is 69.6 cm³/mol. The van der Waals surface area contributed by atoms with Crippen molar-refractivity contribution in [2.24, 2.45) is 0 Å². The van der Waals surface area contributed by atoms with Gasteiger partial charge in [-0.3, -0.25) is 9.69 Å². The second-order valence-electron chi connectivity index (χ2n) is 4.34. The normalized spacial score (nSPS) is 14.9. The smallest absolute Gasteiger partial charge is 0.324 e. The lowest BCUT2D eigenvalue weighted by Gasteiger charge is -2.16. The number of carbonyl (C=O) groups is 2. The van der Waals surface area contributed by atoms with Gasteiger partial charge >= 0.3 is 12.0 Å². The van der Waals surface area contributed by atoms with Gasteiger partial charge in [-0.05, 0) is 24.3 Å². The Hall–Kier alpha value is -2.24. The Balaban J connectivity index is 1.95. The number of carboxylic acids is 1. The van der Waals surface area contributed by atoms with Gasteiger partial charge in [0.25, 0.3) is 0 Å². The molecule has 1 aromatic carbocycles. The van der Waals surface area contributed by atoms with Crippen molar-refractivity contribution in [2.75, 3.05) is 31.6 Å². The third-order valence-electron chi connectivity index (χ3n) is 2.95. The number of carboxylic acid groups (broad SMARTS) is 1. The number of nitrogens with zero attached hydrogens (tertiary/aromatic N) is 2. The van der Waals surface area contributed by atoms with Crippen LogP contribution in [0.15, 0.2) is 24.3 Å². The van der Waals surface area contributed by atoms with Crippen molar-refractivity contribution in [2.45, 2.75) is 6.42 Å². The van der Waals surface area contributed by atoms with Crippen molar-refractivity contribution < 1.29 is 19.4 Å². The SMILES string of the molecule is CN1CCN(c2ccc(OCCC(=O)O)cc2)C1=O. The summed E-state index contributed by atoms with van der Waals surface area (Å²) in [5, 5.41) is 8.50. The summed E-state index contributed by atoms with van der Waals surface area (Å²) < 4.78 is 5.29. The Morgan fingerprint density at radius 3 is 2.53 bits per heavy atom. The van der Waals surface area contributed by atoms with Crippen LogP contribution in [0.4, 0.5) is 10.5 Å². The van der Waals surface area contributed by atoms with E-state index in [2.05, 4.69) is 0 Å². The Morgan fingerprint density at radius 2 is 2.00 bits per heavy atom. The van der Waals surface area contributed by atoms with Gasteiger partial charge in [0, 0.05) is 25.8 Å². The highest BCUT2D eigenvalue weighted by molar-refractivity contribution is 5.93. The summed E-state index contributed by atoms with van der Waals surface area (Å²) in [5.41, 5.74) is 0.819. The van der Waals surface area contributed by atoms with Crippen LogP contribution in [0, 0.1) is 0 Å². The van der Waals surface area contributed by atoms with E-state index in [1.807, 2.05) is 0 Å². The zero-order valence-electron chi connectivity index (χ0n) is 10.7. The van der Waals surface area contributed by atoms with E-state index >= 15 is 0 Å². The number of carbonyl (C=O) groups excluding carboxylic acids is 1. The van der Waals surface area contributed by atoms with Gasteiger partial charge in [-0.1, -0.05) is 0 Å². The highest BCUT2D eigenvalue weighted by Crippen LogP contribution is 2.22. The van der Waals surface area contributed by atoms with Crippen LogP contribution >= 0.6 is 0 Å². The molecule has 2 rings (SSSR count). The molecule has 1 saturated heterocycles. The zero-order chi connectivity index (χ0) is 13.8. The number of anilines is 1. The van der Waals surface area contributed by atoms with Crippen LogP contribution in [0.2, 0.25) is 0 Å². The largest absolute Gasteiger partial charge is 0.493 e. The topological polar surface area (TPSA) is 70.1 Å². The number of ether oxygens (including phenoxy) is 1. The Bertz CT molecular complexity index is 472. The Labute approximate surface area is 111 Å². The van der Waals surface area contributed by atoms with E-state index in [0.717, 1.165) is 12.2 Å². The number of aliphatic carboxylic acids is 1. The van der Waals surface area contributed by atoms with Crippen LogP contribution in [0.3, 0.4) is 0 Å². The molecule has 0 radical (unpaired) electrons. The lowest BCUT2D eigenvalue weighted by Crippen LogP contribution is -2.29. The lowest BCUT2D eigenvalue weighted by molar-refractivity contribution is -0.137. The molecule has 0 bridgehead atoms. The molecule has 1 fully saturated rings.